The van der Waals surface area contributed by atoms with Crippen molar-refractivity contribution in [3.8, 4) is 0 Å². The molecule has 0 aromatic heterocycles. The quantitative estimate of drug-likeness (QED) is 0.364. The molecule has 2 aliphatic rings. The minimum absolute atomic E-state index is 0.709. The van der Waals surface area contributed by atoms with Crippen LogP contribution in [0, 0.1) is 11.3 Å². The SMILES string of the molecule is CCCCCCCC/C=C/[C@]12CCCC[C@H]1C2. The monoisotopic (exact) mass is 234 g/mol. The average Bonchev–Trinajstić information content (AvgIpc) is 3.07. The number of hydrogen-bond donors (Lipinski definition) is 0. The van der Waals surface area contributed by atoms with E-state index in [1.165, 1.54) is 77.0 Å². The molecule has 0 saturated heterocycles. The molecule has 0 heterocycles. The van der Waals surface area contributed by atoms with Crippen LogP contribution in [0.4, 0.5) is 0 Å². The van der Waals surface area contributed by atoms with Gasteiger partial charge in [0.05, 0.1) is 0 Å². The molecule has 0 heteroatoms. The van der Waals surface area contributed by atoms with Crippen molar-refractivity contribution in [1.82, 2.24) is 0 Å². The molecule has 2 atom stereocenters. The smallest absolute Gasteiger partial charge is 0.00867 e. The van der Waals surface area contributed by atoms with Crippen LogP contribution in [0.15, 0.2) is 12.2 Å². The van der Waals surface area contributed by atoms with Gasteiger partial charge < -0.3 is 0 Å². The Morgan fingerprint density at radius 3 is 2.71 bits per heavy atom. The van der Waals surface area contributed by atoms with E-state index in [2.05, 4.69) is 19.1 Å². The zero-order valence-electron chi connectivity index (χ0n) is 11.7. The Morgan fingerprint density at radius 1 is 1.06 bits per heavy atom. The van der Waals surface area contributed by atoms with E-state index in [1.807, 2.05) is 0 Å². The van der Waals surface area contributed by atoms with Crippen LogP contribution in [0.1, 0.15) is 84.0 Å². The summed E-state index contributed by atoms with van der Waals surface area (Å²) in [7, 11) is 0. The highest BCUT2D eigenvalue weighted by Crippen LogP contribution is 2.62. The van der Waals surface area contributed by atoms with Gasteiger partial charge in [-0.05, 0) is 43.4 Å². The highest BCUT2D eigenvalue weighted by Gasteiger charge is 2.52. The molecule has 0 radical (unpaired) electrons. The molecule has 98 valence electrons. The summed E-state index contributed by atoms with van der Waals surface area (Å²) >= 11 is 0. The van der Waals surface area contributed by atoms with Crippen LogP contribution in [0.3, 0.4) is 0 Å². The summed E-state index contributed by atoms with van der Waals surface area (Å²) in [6.45, 7) is 2.29. The van der Waals surface area contributed by atoms with Crippen LogP contribution in [0.2, 0.25) is 0 Å². The Balaban J connectivity index is 1.51. The number of fused-ring (bicyclic) bond motifs is 1. The van der Waals surface area contributed by atoms with Gasteiger partial charge in [0.1, 0.15) is 0 Å². The maximum absolute atomic E-state index is 2.60. The number of rotatable bonds is 8. The first kappa shape index (κ1) is 13.2. The van der Waals surface area contributed by atoms with Gasteiger partial charge in [-0.1, -0.05) is 64.0 Å². The molecule has 0 amide bonds. The summed E-state index contributed by atoms with van der Waals surface area (Å²) < 4.78 is 0. The molecule has 2 aliphatic carbocycles. The summed E-state index contributed by atoms with van der Waals surface area (Å²) in [5, 5.41) is 0. The average molecular weight is 234 g/mol. The molecular formula is C17H30. The summed E-state index contributed by atoms with van der Waals surface area (Å²) in [6, 6.07) is 0. The third kappa shape index (κ3) is 3.86. The van der Waals surface area contributed by atoms with Gasteiger partial charge in [-0.25, -0.2) is 0 Å². The minimum Gasteiger partial charge on any atom is -0.0880 e. The molecule has 0 N–H and O–H groups in total. The van der Waals surface area contributed by atoms with Crippen molar-refractivity contribution in [2.24, 2.45) is 11.3 Å². The van der Waals surface area contributed by atoms with E-state index in [-0.39, 0.29) is 0 Å². The van der Waals surface area contributed by atoms with Crippen molar-refractivity contribution < 1.29 is 0 Å². The molecule has 0 nitrogen and oxygen atoms in total. The van der Waals surface area contributed by atoms with Crippen molar-refractivity contribution in [2.75, 3.05) is 0 Å². The maximum atomic E-state index is 2.60. The first-order chi connectivity index (χ1) is 8.37. The van der Waals surface area contributed by atoms with Crippen LogP contribution >= 0.6 is 0 Å². The van der Waals surface area contributed by atoms with E-state index >= 15 is 0 Å². The van der Waals surface area contributed by atoms with Crippen molar-refractivity contribution in [2.45, 2.75) is 84.0 Å². The van der Waals surface area contributed by atoms with Gasteiger partial charge in [0, 0.05) is 0 Å². The van der Waals surface area contributed by atoms with Crippen molar-refractivity contribution in [1.29, 1.82) is 0 Å². The van der Waals surface area contributed by atoms with E-state index in [4.69, 9.17) is 0 Å². The molecular weight excluding hydrogens is 204 g/mol. The second-order valence-corrected chi connectivity index (χ2v) is 6.34. The van der Waals surface area contributed by atoms with Gasteiger partial charge in [0.15, 0.2) is 0 Å². The lowest BCUT2D eigenvalue weighted by Gasteiger charge is -2.17. The zero-order chi connectivity index (χ0) is 12.0. The largest absolute Gasteiger partial charge is 0.0880 e. The Bertz CT molecular complexity index is 240. The van der Waals surface area contributed by atoms with Gasteiger partial charge in [-0.2, -0.15) is 0 Å². The zero-order valence-corrected chi connectivity index (χ0v) is 11.7. The lowest BCUT2D eigenvalue weighted by atomic mass is 9.88. The minimum atomic E-state index is 0.709. The fourth-order valence-electron chi connectivity index (χ4n) is 3.59. The molecule has 0 unspecified atom stereocenters. The molecule has 2 rings (SSSR count). The Hall–Kier alpha value is -0.260. The fourth-order valence-corrected chi connectivity index (χ4v) is 3.59. The standard InChI is InChI=1S/C17H30/c1-2-3-4-5-6-7-8-10-13-17-14-11-9-12-16(17)15-17/h10,13,16H,2-9,11-12,14-15H2,1H3/b13-10+/t16-,17+/m0/s1. The Kier molecular flexibility index (Phi) is 5.13. The predicted molar refractivity (Wildman–Crippen MR) is 76.1 cm³/mol. The normalized spacial score (nSPS) is 31.7. The molecule has 0 aromatic rings. The van der Waals surface area contributed by atoms with E-state index in [0.717, 1.165) is 5.92 Å². The van der Waals surface area contributed by atoms with Crippen molar-refractivity contribution in [3.63, 3.8) is 0 Å². The van der Waals surface area contributed by atoms with E-state index in [1.54, 1.807) is 0 Å². The van der Waals surface area contributed by atoms with E-state index in [9.17, 15) is 0 Å². The van der Waals surface area contributed by atoms with Gasteiger partial charge in [-0.15, -0.1) is 0 Å². The molecule has 0 aromatic carbocycles. The first-order valence-corrected chi connectivity index (χ1v) is 8.05. The second-order valence-electron chi connectivity index (χ2n) is 6.34. The molecule has 2 saturated carbocycles. The molecule has 0 spiro atoms. The van der Waals surface area contributed by atoms with Crippen molar-refractivity contribution in [3.05, 3.63) is 12.2 Å². The summed E-state index contributed by atoms with van der Waals surface area (Å²) in [5.41, 5.74) is 0.709. The second kappa shape index (κ2) is 6.61. The molecule has 2 fully saturated rings. The highest BCUT2D eigenvalue weighted by atomic mass is 14.6. The number of hydrogen-bond acceptors (Lipinski definition) is 0. The first-order valence-electron chi connectivity index (χ1n) is 8.05. The lowest BCUT2D eigenvalue weighted by Crippen LogP contribution is -2.05. The van der Waals surface area contributed by atoms with E-state index < -0.39 is 0 Å². The van der Waals surface area contributed by atoms with Crippen LogP contribution < -0.4 is 0 Å². The van der Waals surface area contributed by atoms with E-state index in [0.29, 0.717) is 5.41 Å². The molecule has 0 aliphatic heterocycles. The van der Waals surface area contributed by atoms with Gasteiger partial charge >= 0.3 is 0 Å². The third-order valence-electron chi connectivity index (χ3n) is 4.90. The van der Waals surface area contributed by atoms with Gasteiger partial charge in [-0.3, -0.25) is 0 Å². The van der Waals surface area contributed by atoms with Crippen LogP contribution in [-0.2, 0) is 0 Å². The molecule has 17 heavy (non-hydrogen) atoms. The van der Waals surface area contributed by atoms with Gasteiger partial charge in [0.25, 0.3) is 0 Å². The van der Waals surface area contributed by atoms with Crippen LogP contribution in [-0.4, -0.2) is 0 Å². The van der Waals surface area contributed by atoms with Crippen molar-refractivity contribution >= 4 is 0 Å². The van der Waals surface area contributed by atoms with Gasteiger partial charge in [0.2, 0.25) is 0 Å². The predicted octanol–water partition coefficient (Wildman–Crippen LogP) is 5.87. The van der Waals surface area contributed by atoms with Crippen LogP contribution in [0.25, 0.3) is 0 Å². The Labute approximate surface area is 108 Å². The maximum Gasteiger partial charge on any atom is -0.00867 e. The number of unbranched alkanes of at least 4 members (excludes halogenated alkanes) is 6. The summed E-state index contributed by atoms with van der Waals surface area (Å²) in [5.74, 6) is 1.08. The Morgan fingerprint density at radius 2 is 1.88 bits per heavy atom. The lowest BCUT2D eigenvalue weighted by molar-refractivity contribution is 0.402. The fraction of sp³-hybridized carbons (Fsp3) is 0.882. The summed E-state index contributed by atoms with van der Waals surface area (Å²) in [4.78, 5) is 0. The van der Waals surface area contributed by atoms with Crippen LogP contribution in [0.5, 0.6) is 0 Å². The number of allylic oxidation sites excluding steroid dienone is 2. The highest BCUT2D eigenvalue weighted by molar-refractivity contribution is 5.16. The topological polar surface area (TPSA) is 0 Å². The third-order valence-corrected chi connectivity index (χ3v) is 4.90. The summed E-state index contributed by atoms with van der Waals surface area (Å²) in [6.07, 6.45) is 22.5. The molecule has 0 bridgehead atoms.